The second kappa shape index (κ2) is 14.5. The predicted molar refractivity (Wildman–Crippen MR) is 204 cm³/mol. The third-order valence-electron chi connectivity index (χ3n) is 11.4. The molecule has 0 N–H and O–H groups in total. The Bertz CT molecular complexity index is 1980. The smallest absolute Gasteiger partial charge is 0.261 e. The topological polar surface area (TPSA) is 74.8 Å². The van der Waals surface area contributed by atoms with E-state index in [2.05, 4.69) is 20.8 Å². The molecule has 4 amide bonds. The van der Waals surface area contributed by atoms with Crippen LogP contribution in [0.25, 0.3) is 43.1 Å². The summed E-state index contributed by atoms with van der Waals surface area (Å²) < 4.78 is 0. The number of carbonyl (C=O) groups is 4. The van der Waals surface area contributed by atoms with E-state index in [9.17, 15) is 19.2 Å². The molecule has 5 aromatic rings. The van der Waals surface area contributed by atoms with Gasteiger partial charge in [-0.2, -0.15) is 0 Å². The molecule has 5 aromatic carbocycles. The van der Waals surface area contributed by atoms with E-state index in [0.717, 1.165) is 134 Å². The van der Waals surface area contributed by atoms with Crippen LogP contribution >= 0.6 is 0 Å². The molecule has 0 aromatic heterocycles. The molecular formula is C44H50N2O4. The molecule has 0 aliphatic carbocycles. The summed E-state index contributed by atoms with van der Waals surface area (Å²) in [5, 5.41) is 6.95. The van der Waals surface area contributed by atoms with Gasteiger partial charge >= 0.3 is 0 Å². The quantitative estimate of drug-likeness (QED) is 0.0427. The molecule has 0 atom stereocenters. The number of amides is 4. The van der Waals surface area contributed by atoms with Crippen LogP contribution in [0.3, 0.4) is 0 Å². The highest BCUT2D eigenvalue weighted by Gasteiger charge is 2.39. The summed E-state index contributed by atoms with van der Waals surface area (Å²) in [6.45, 7) is 7.00. The monoisotopic (exact) mass is 670 g/mol. The van der Waals surface area contributed by atoms with Crippen LogP contribution in [0.4, 0.5) is 0 Å². The third-order valence-corrected chi connectivity index (χ3v) is 11.4. The van der Waals surface area contributed by atoms with Crippen LogP contribution < -0.4 is 0 Å². The minimum Gasteiger partial charge on any atom is -0.274 e. The number of fused-ring (bicyclic) bond motifs is 2. The fourth-order valence-corrected chi connectivity index (χ4v) is 8.76. The zero-order chi connectivity index (χ0) is 34.9. The van der Waals surface area contributed by atoms with Crippen molar-refractivity contribution < 1.29 is 19.2 Å². The van der Waals surface area contributed by atoms with Gasteiger partial charge in [0, 0.05) is 45.6 Å². The Labute approximate surface area is 295 Å². The summed E-state index contributed by atoms with van der Waals surface area (Å²) in [7, 11) is 0. The summed E-state index contributed by atoms with van der Waals surface area (Å²) in [5.74, 6) is -0.839. The lowest BCUT2D eigenvalue weighted by atomic mass is 9.82. The van der Waals surface area contributed by atoms with E-state index in [4.69, 9.17) is 0 Å². The van der Waals surface area contributed by atoms with E-state index in [1.54, 1.807) is 4.90 Å². The molecule has 2 heterocycles. The average Bonchev–Trinajstić information content (AvgIpc) is 3.13. The van der Waals surface area contributed by atoms with Crippen molar-refractivity contribution in [1.82, 2.24) is 9.80 Å². The second-order valence-corrected chi connectivity index (χ2v) is 14.7. The molecule has 2 aliphatic heterocycles. The maximum atomic E-state index is 14.4. The van der Waals surface area contributed by atoms with Crippen molar-refractivity contribution in [3.63, 3.8) is 0 Å². The maximum absolute atomic E-state index is 14.4. The normalized spacial score (nSPS) is 14.6. The van der Waals surface area contributed by atoms with Gasteiger partial charge in [0.05, 0.1) is 0 Å². The van der Waals surface area contributed by atoms with Gasteiger partial charge in [-0.25, -0.2) is 0 Å². The van der Waals surface area contributed by atoms with Crippen LogP contribution in [0.5, 0.6) is 0 Å². The summed E-state index contributed by atoms with van der Waals surface area (Å²) in [4.78, 5) is 59.4. The number of imide groups is 2. The Morgan fingerprint density at radius 2 is 0.780 bits per heavy atom. The molecule has 7 rings (SSSR count). The Kier molecular flexibility index (Phi) is 9.90. The molecule has 0 fully saturated rings. The largest absolute Gasteiger partial charge is 0.274 e. The van der Waals surface area contributed by atoms with Crippen LogP contribution in [0, 0.1) is 0 Å². The van der Waals surface area contributed by atoms with Gasteiger partial charge in [-0.05, 0) is 75.8 Å². The number of hydrogen-bond donors (Lipinski definition) is 0. The third kappa shape index (κ3) is 5.65. The predicted octanol–water partition coefficient (Wildman–Crippen LogP) is 11.2. The Hall–Kier alpha value is -4.32. The number of nitrogens with zero attached hydrogens (tertiary/aromatic N) is 2. The van der Waals surface area contributed by atoms with Gasteiger partial charge in [0.15, 0.2) is 0 Å². The summed E-state index contributed by atoms with van der Waals surface area (Å²) >= 11 is 0. The minimum atomic E-state index is -0.229. The maximum Gasteiger partial charge on any atom is 0.261 e. The fourth-order valence-electron chi connectivity index (χ4n) is 8.76. The first-order chi connectivity index (χ1) is 24.4. The fraction of sp³-hybridized carbons (Fsp3) is 0.455. The molecule has 0 bridgehead atoms. The number of carbonyl (C=O) groups excluding carboxylic acids is 4. The van der Waals surface area contributed by atoms with Crippen molar-refractivity contribution in [1.29, 1.82) is 0 Å². The van der Waals surface area contributed by atoms with Gasteiger partial charge in [0.1, 0.15) is 0 Å². The number of benzene rings is 5. The van der Waals surface area contributed by atoms with E-state index >= 15 is 0 Å². The highest BCUT2D eigenvalue weighted by molar-refractivity contribution is 6.41. The van der Waals surface area contributed by atoms with Crippen LogP contribution in [0.1, 0.15) is 159 Å². The molecule has 0 saturated carbocycles. The van der Waals surface area contributed by atoms with Crippen molar-refractivity contribution in [3.8, 4) is 0 Å². The first-order valence-corrected chi connectivity index (χ1v) is 19.4. The highest BCUT2D eigenvalue weighted by atomic mass is 16.2. The van der Waals surface area contributed by atoms with E-state index in [1.165, 1.54) is 4.90 Å². The molecule has 0 unspecified atom stereocenters. The van der Waals surface area contributed by atoms with Crippen molar-refractivity contribution in [3.05, 3.63) is 70.8 Å². The summed E-state index contributed by atoms with van der Waals surface area (Å²) in [6.07, 6.45) is 15.7. The van der Waals surface area contributed by atoms with Gasteiger partial charge in [-0.1, -0.05) is 122 Å². The van der Waals surface area contributed by atoms with E-state index in [1.807, 2.05) is 48.5 Å². The van der Waals surface area contributed by atoms with Crippen molar-refractivity contribution in [2.75, 3.05) is 6.54 Å². The molecule has 6 heteroatoms. The van der Waals surface area contributed by atoms with Gasteiger partial charge in [-0.15, -0.1) is 0 Å². The molecule has 0 spiro atoms. The molecular weight excluding hydrogens is 620 g/mol. The molecule has 0 radical (unpaired) electrons. The molecule has 0 saturated heterocycles. The van der Waals surface area contributed by atoms with Gasteiger partial charge in [-0.3, -0.25) is 29.0 Å². The molecule has 2 aliphatic rings. The lowest BCUT2D eigenvalue weighted by molar-refractivity contribution is 0.0514. The van der Waals surface area contributed by atoms with Gasteiger partial charge in [0.2, 0.25) is 0 Å². The van der Waals surface area contributed by atoms with Crippen molar-refractivity contribution >= 4 is 66.7 Å². The molecule has 260 valence electrons. The van der Waals surface area contributed by atoms with E-state index < -0.39 is 0 Å². The van der Waals surface area contributed by atoms with Crippen LogP contribution in [0.15, 0.2) is 48.5 Å². The van der Waals surface area contributed by atoms with Crippen molar-refractivity contribution in [2.24, 2.45) is 0 Å². The van der Waals surface area contributed by atoms with Gasteiger partial charge in [0.25, 0.3) is 23.6 Å². The Morgan fingerprint density at radius 1 is 0.420 bits per heavy atom. The second-order valence-electron chi connectivity index (χ2n) is 14.7. The van der Waals surface area contributed by atoms with Gasteiger partial charge < -0.3 is 0 Å². The SMILES string of the molecule is CCCCCCCN1C(=O)c2ccc3c4ccc5c6c(ccc(c7ccc(c2c37)C1=O)c64)C(=O)N(C(CCCCCC)CCCCCC)C5=O. The first kappa shape index (κ1) is 34.1. The average molecular weight is 671 g/mol. The van der Waals surface area contributed by atoms with E-state index in [-0.39, 0.29) is 29.7 Å². The zero-order valence-electron chi connectivity index (χ0n) is 30.0. The Balaban J connectivity index is 1.31. The van der Waals surface area contributed by atoms with Crippen molar-refractivity contribution in [2.45, 2.75) is 123 Å². The summed E-state index contributed by atoms with van der Waals surface area (Å²) in [6, 6.07) is 15.4. The van der Waals surface area contributed by atoms with Crippen LogP contribution in [-0.4, -0.2) is 46.0 Å². The number of unbranched alkanes of at least 4 members (excludes halogenated alkanes) is 10. The molecule has 6 nitrogen and oxygen atoms in total. The minimum absolute atomic E-state index is 0.109. The summed E-state index contributed by atoms with van der Waals surface area (Å²) in [5.41, 5.74) is 2.29. The number of hydrogen-bond acceptors (Lipinski definition) is 4. The first-order valence-electron chi connectivity index (χ1n) is 19.4. The van der Waals surface area contributed by atoms with Crippen LogP contribution in [0.2, 0.25) is 0 Å². The van der Waals surface area contributed by atoms with E-state index in [0.29, 0.717) is 34.2 Å². The zero-order valence-corrected chi connectivity index (χ0v) is 30.0. The lowest BCUT2D eigenvalue weighted by Gasteiger charge is -2.35. The highest BCUT2D eigenvalue weighted by Crippen LogP contribution is 2.46. The molecule has 50 heavy (non-hydrogen) atoms. The number of rotatable bonds is 17. The van der Waals surface area contributed by atoms with Crippen LogP contribution in [-0.2, 0) is 0 Å². The Morgan fingerprint density at radius 3 is 1.18 bits per heavy atom. The lowest BCUT2D eigenvalue weighted by Crippen LogP contribution is -2.47. The standard InChI is InChI=1S/C44H50N2O4/c1-4-7-10-13-16-27-45-41(47)33-23-19-29-31-21-25-35-40-36(26-22-32(38(31)40)30-20-24-34(42(45)48)39(33)37(29)30)44(50)46(43(35)49)28(17-14-11-8-5-2)18-15-12-9-6-3/h19-26,28H,4-18,27H2,1-3H3.